The van der Waals surface area contributed by atoms with Crippen molar-refractivity contribution in [2.24, 2.45) is 0 Å². The Morgan fingerprint density at radius 3 is 2.30 bits per heavy atom. The summed E-state index contributed by atoms with van der Waals surface area (Å²) >= 11 is 0. The van der Waals surface area contributed by atoms with Crippen molar-refractivity contribution in [3.63, 3.8) is 0 Å². The highest BCUT2D eigenvalue weighted by Crippen LogP contribution is 2.16. The first kappa shape index (κ1) is 20.0. The van der Waals surface area contributed by atoms with E-state index in [1.807, 2.05) is 6.92 Å². The summed E-state index contributed by atoms with van der Waals surface area (Å²) in [6.45, 7) is 0.949. The van der Waals surface area contributed by atoms with Crippen molar-refractivity contribution in [1.29, 1.82) is 5.26 Å². The number of benzene rings is 2. The minimum atomic E-state index is -3.97. The van der Waals surface area contributed by atoms with Gasteiger partial charge in [0.15, 0.2) is 0 Å². The number of amides is 1. The van der Waals surface area contributed by atoms with Crippen molar-refractivity contribution >= 4 is 21.6 Å². The second-order valence-electron chi connectivity index (χ2n) is 5.55. The highest BCUT2D eigenvalue weighted by Gasteiger charge is 2.24. The van der Waals surface area contributed by atoms with Crippen LogP contribution in [0.5, 0.6) is 0 Å². The van der Waals surface area contributed by atoms with Crippen LogP contribution in [-0.4, -0.2) is 36.8 Å². The molecule has 0 fully saturated rings. The van der Waals surface area contributed by atoms with Gasteiger partial charge in [0.2, 0.25) is 10.0 Å². The predicted octanol–water partition coefficient (Wildman–Crippen LogP) is 1.81. The Morgan fingerprint density at radius 1 is 1.19 bits per heavy atom. The molecule has 1 N–H and O–H groups in total. The number of rotatable bonds is 7. The molecule has 2 rings (SSSR count). The lowest BCUT2D eigenvalue weighted by atomic mass is 10.2. The largest absolute Gasteiger partial charge is 0.338 e. The van der Waals surface area contributed by atoms with Crippen LogP contribution in [-0.2, 0) is 10.0 Å². The second-order valence-corrected chi connectivity index (χ2v) is 7.49. The molecule has 27 heavy (non-hydrogen) atoms. The third-order valence-electron chi connectivity index (χ3n) is 3.66. The molecule has 0 atom stereocenters. The lowest BCUT2D eigenvalue weighted by molar-refractivity contribution is -0.384. The number of nitriles is 1. The first-order valence-corrected chi connectivity index (χ1v) is 9.16. The summed E-state index contributed by atoms with van der Waals surface area (Å²) in [5.41, 5.74) is 0.845. The zero-order chi connectivity index (χ0) is 20.0. The minimum absolute atomic E-state index is 0.00735. The van der Waals surface area contributed by atoms with Crippen molar-refractivity contribution in [1.82, 2.24) is 9.62 Å². The van der Waals surface area contributed by atoms with E-state index in [1.165, 1.54) is 36.4 Å². The molecule has 0 spiro atoms. The first-order valence-electron chi connectivity index (χ1n) is 7.72. The van der Waals surface area contributed by atoms with E-state index in [4.69, 9.17) is 5.26 Å². The van der Waals surface area contributed by atoms with Crippen LogP contribution in [0.3, 0.4) is 0 Å². The average molecular weight is 388 g/mol. The van der Waals surface area contributed by atoms with Crippen molar-refractivity contribution in [2.75, 3.05) is 13.2 Å². The molecule has 0 aliphatic rings. The monoisotopic (exact) mass is 388 g/mol. The zero-order valence-corrected chi connectivity index (χ0v) is 15.1. The van der Waals surface area contributed by atoms with E-state index in [0.717, 1.165) is 9.87 Å². The van der Waals surface area contributed by atoms with Crippen LogP contribution in [0, 0.1) is 28.4 Å². The zero-order valence-electron chi connectivity index (χ0n) is 14.3. The van der Waals surface area contributed by atoms with Crippen molar-refractivity contribution in [3.05, 3.63) is 69.8 Å². The van der Waals surface area contributed by atoms with Crippen LogP contribution in [0.2, 0.25) is 0 Å². The van der Waals surface area contributed by atoms with Crippen LogP contribution in [0.4, 0.5) is 5.69 Å². The molecular formula is C17H16N4O5S. The molecule has 2 aromatic rings. The number of aryl methyl sites for hydroxylation is 1. The third kappa shape index (κ3) is 4.87. The van der Waals surface area contributed by atoms with Gasteiger partial charge in [-0.15, -0.1) is 0 Å². The van der Waals surface area contributed by atoms with Gasteiger partial charge in [-0.3, -0.25) is 14.9 Å². The summed E-state index contributed by atoms with van der Waals surface area (Å²) in [6.07, 6.45) is 0. The molecule has 9 nitrogen and oxygen atoms in total. The molecule has 0 heterocycles. The van der Waals surface area contributed by atoms with Gasteiger partial charge in [0, 0.05) is 17.7 Å². The summed E-state index contributed by atoms with van der Waals surface area (Å²) in [4.78, 5) is 22.2. The summed E-state index contributed by atoms with van der Waals surface area (Å²) in [5, 5.41) is 22.0. The van der Waals surface area contributed by atoms with Gasteiger partial charge in [0.05, 0.1) is 22.6 Å². The van der Waals surface area contributed by atoms with Gasteiger partial charge in [0.1, 0.15) is 6.54 Å². The maximum atomic E-state index is 12.7. The normalized spacial score (nSPS) is 11.0. The van der Waals surface area contributed by atoms with Gasteiger partial charge in [0.25, 0.3) is 11.6 Å². The Kier molecular flexibility index (Phi) is 6.23. The van der Waals surface area contributed by atoms with Crippen LogP contribution in [0.15, 0.2) is 53.4 Å². The predicted molar refractivity (Wildman–Crippen MR) is 96.1 cm³/mol. The van der Waals surface area contributed by atoms with Gasteiger partial charge < -0.3 is 5.32 Å². The third-order valence-corrected chi connectivity index (χ3v) is 5.47. The van der Waals surface area contributed by atoms with Crippen LogP contribution in [0.25, 0.3) is 0 Å². The van der Waals surface area contributed by atoms with E-state index in [-0.39, 0.29) is 16.1 Å². The Bertz CT molecular complexity index is 979. The second kappa shape index (κ2) is 8.39. The van der Waals surface area contributed by atoms with Gasteiger partial charge in [-0.05, 0) is 31.2 Å². The lowest BCUT2D eigenvalue weighted by Crippen LogP contribution is -2.41. The van der Waals surface area contributed by atoms with E-state index in [0.29, 0.717) is 0 Å². The van der Waals surface area contributed by atoms with E-state index >= 15 is 0 Å². The number of nitro benzene ring substituents is 1. The molecule has 0 aliphatic heterocycles. The number of nitro groups is 1. The van der Waals surface area contributed by atoms with Gasteiger partial charge >= 0.3 is 0 Å². The number of nitrogens with zero attached hydrogens (tertiary/aromatic N) is 3. The number of hydrogen-bond acceptors (Lipinski definition) is 6. The van der Waals surface area contributed by atoms with Crippen LogP contribution in [0.1, 0.15) is 15.9 Å². The van der Waals surface area contributed by atoms with E-state index < -0.39 is 34.1 Å². The highest BCUT2D eigenvalue weighted by atomic mass is 32.2. The Hall–Kier alpha value is -3.29. The van der Waals surface area contributed by atoms with Gasteiger partial charge in [-0.2, -0.15) is 9.57 Å². The average Bonchev–Trinajstić information content (AvgIpc) is 2.65. The topological polar surface area (TPSA) is 133 Å². The lowest BCUT2D eigenvalue weighted by Gasteiger charge is -2.20. The number of hydrogen-bond donors (Lipinski definition) is 1. The fourth-order valence-electron chi connectivity index (χ4n) is 2.16. The molecule has 0 bridgehead atoms. The Balaban J connectivity index is 2.14. The molecular weight excluding hydrogens is 372 g/mol. The number of carbonyl (C=O) groups is 1. The van der Waals surface area contributed by atoms with Gasteiger partial charge in [-0.25, -0.2) is 8.42 Å². The van der Waals surface area contributed by atoms with Crippen molar-refractivity contribution in [2.45, 2.75) is 11.8 Å². The first-order chi connectivity index (χ1) is 12.8. The van der Waals surface area contributed by atoms with Crippen molar-refractivity contribution in [3.8, 4) is 6.07 Å². The van der Waals surface area contributed by atoms with Crippen molar-refractivity contribution < 1.29 is 18.1 Å². The Labute approximate surface area is 156 Å². The molecule has 1 amide bonds. The SMILES string of the molecule is Cc1ccc(S(=O)(=O)N(CC#N)CNC(=O)c2ccc([N+](=O)[O-])cc2)cc1. The minimum Gasteiger partial charge on any atom is -0.338 e. The molecule has 0 aliphatic carbocycles. The number of sulfonamides is 1. The summed E-state index contributed by atoms with van der Waals surface area (Å²) in [7, 11) is -3.97. The molecule has 0 saturated heterocycles. The molecule has 0 aromatic heterocycles. The number of carbonyl (C=O) groups excluding carboxylic acids is 1. The fraction of sp³-hybridized carbons (Fsp3) is 0.176. The summed E-state index contributed by atoms with van der Waals surface area (Å²) in [6, 6.07) is 12.7. The fourth-order valence-corrected chi connectivity index (χ4v) is 3.40. The van der Waals surface area contributed by atoms with Gasteiger partial charge in [-0.1, -0.05) is 17.7 Å². The molecule has 10 heteroatoms. The smallest absolute Gasteiger partial charge is 0.269 e. The standard InChI is InChI=1S/C17H16N4O5S/c1-13-2-8-16(9-3-13)27(25,26)20(11-10-18)12-19-17(22)14-4-6-15(7-5-14)21(23)24/h2-9H,11-12H2,1H3,(H,19,22). The molecule has 2 aromatic carbocycles. The number of non-ortho nitro benzene ring substituents is 1. The Morgan fingerprint density at radius 2 is 1.78 bits per heavy atom. The van der Waals surface area contributed by atoms with Crippen LogP contribution < -0.4 is 5.32 Å². The van der Waals surface area contributed by atoms with E-state index in [1.54, 1.807) is 18.2 Å². The quantitative estimate of drug-likeness (QED) is 0.333. The summed E-state index contributed by atoms with van der Waals surface area (Å²) < 4.78 is 26.1. The summed E-state index contributed by atoms with van der Waals surface area (Å²) in [5.74, 6) is -0.619. The maximum Gasteiger partial charge on any atom is 0.269 e. The number of nitrogens with one attached hydrogen (secondary N) is 1. The molecule has 0 radical (unpaired) electrons. The molecule has 140 valence electrons. The van der Waals surface area contributed by atoms with Crippen LogP contribution >= 0.6 is 0 Å². The highest BCUT2D eigenvalue weighted by molar-refractivity contribution is 7.89. The molecule has 0 saturated carbocycles. The van der Waals surface area contributed by atoms with E-state index in [9.17, 15) is 23.3 Å². The molecule has 0 unspecified atom stereocenters. The van der Waals surface area contributed by atoms with E-state index in [2.05, 4.69) is 5.32 Å². The maximum absolute atomic E-state index is 12.7.